The lowest BCUT2D eigenvalue weighted by Gasteiger charge is -2.34. The molecular weight excluding hydrogens is 538 g/mol. The van der Waals surface area contributed by atoms with Gasteiger partial charge in [-0.3, -0.25) is 13.9 Å². The maximum absolute atomic E-state index is 14.2. The van der Waals surface area contributed by atoms with E-state index < -0.39 is 28.5 Å². The molecule has 1 saturated carbocycles. The largest absolute Gasteiger partial charge is 0.492 e. The highest BCUT2D eigenvalue weighted by molar-refractivity contribution is 7.92. The summed E-state index contributed by atoms with van der Waals surface area (Å²) in [7, 11) is -3.88. The first-order chi connectivity index (χ1) is 19.8. The van der Waals surface area contributed by atoms with Crippen molar-refractivity contribution in [3.8, 4) is 5.75 Å². The average molecular weight is 578 g/mol. The van der Waals surface area contributed by atoms with E-state index in [1.165, 1.54) is 4.90 Å². The van der Waals surface area contributed by atoms with Crippen LogP contribution in [0.25, 0.3) is 0 Å². The molecule has 0 saturated heterocycles. The second kappa shape index (κ2) is 14.2. The Morgan fingerprint density at radius 1 is 0.902 bits per heavy atom. The zero-order valence-corrected chi connectivity index (χ0v) is 24.6. The Morgan fingerprint density at radius 3 is 2.10 bits per heavy atom. The van der Waals surface area contributed by atoms with Crippen LogP contribution < -0.4 is 14.4 Å². The molecule has 0 heterocycles. The molecule has 0 aliphatic heterocycles. The maximum Gasteiger partial charge on any atom is 0.244 e. The number of nitrogens with one attached hydrogen (secondary N) is 1. The molecule has 41 heavy (non-hydrogen) atoms. The molecule has 8 nitrogen and oxygen atoms in total. The van der Waals surface area contributed by atoms with Crippen LogP contribution in [-0.4, -0.2) is 56.6 Å². The fraction of sp³-hybridized carbons (Fsp3) is 0.375. The number of para-hydroxylation sites is 2. The Hall–Kier alpha value is -3.85. The summed E-state index contributed by atoms with van der Waals surface area (Å²) in [4.78, 5) is 29.6. The fourth-order valence-electron chi connectivity index (χ4n) is 5.24. The first-order valence-electron chi connectivity index (χ1n) is 14.1. The number of nitrogens with zero attached hydrogens (tertiary/aromatic N) is 2. The first-order valence-corrected chi connectivity index (χ1v) is 16.0. The van der Waals surface area contributed by atoms with E-state index in [1.54, 1.807) is 24.3 Å². The van der Waals surface area contributed by atoms with Gasteiger partial charge in [-0.15, -0.1) is 0 Å². The number of anilines is 1. The third kappa shape index (κ3) is 8.33. The van der Waals surface area contributed by atoms with Crippen molar-refractivity contribution >= 4 is 27.5 Å². The Labute approximate surface area is 243 Å². The molecule has 0 aromatic heterocycles. The van der Waals surface area contributed by atoms with E-state index >= 15 is 0 Å². The lowest BCUT2D eigenvalue weighted by molar-refractivity contribution is -0.140. The predicted molar refractivity (Wildman–Crippen MR) is 161 cm³/mol. The van der Waals surface area contributed by atoms with E-state index in [-0.39, 0.29) is 24.2 Å². The normalized spacial score (nSPS) is 14.3. The van der Waals surface area contributed by atoms with Gasteiger partial charge in [-0.25, -0.2) is 8.42 Å². The minimum atomic E-state index is -3.88. The maximum atomic E-state index is 14.2. The van der Waals surface area contributed by atoms with Crippen molar-refractivity contribution in [3.63, 3.8) is 0 Å². The Bertz CT molecular complexity index is 1390. The van der Waals surface area contributed by atoms with Gasteiger partial charge in [0.25, 0.3) is 0 Å². The molecule has 0 bridgehead atoms. The fourth-order valence-corrected chi connectivity index (χ4v) is 6.09. The molecule has 0 radical (unpaired) electrons. The molecule has 1 atom stereocenters. The van der Waals surface area contributed by atoms with E-state index in [0.717, 1.165) is 47.4 Å². The van der Waals surface area contributed by atoms with E-state index in [0.29, 0.717) is 18.8 Å². The minimum Gasteiger partial charge on any atom is -0.492 e. The lowest BCUT2D eigenvalue weighted by Crippen LogP contribution is -2.54. The monoisotopic (exact) mass is 577 g/mol. The topological polar surface area (TPSA) is 96.0 Å². The molecule has 2 amide bonds. The molecule has 1 aliphatic carbocycles. The Balaban J connectivity index is 1.72. The number of benzene rings is 3. The van der Waals surface area contributed by atoms with Gasteiger partial charge < -0.3 is 15.0 Å². The van der Waals surface area contributed by atoms with Crippen LogP contribution in [0.3, 0.4) is 0 Å². The van der Waals surface area contributed by atoms with Gasteiger partial charge in [0.1, 0.15) is 18.3 Å². The summed E-state index contributed by atoms with van der Waals surface area (Å²) in [5.74, 6) is -0.346. The molecule has 1 N–H and O–H groups in total. The van der Waals surface area contributed by atoms with E-state index in [4.69, 9.17) is 4.74 Å². The number of amides is 2. The van der Waals surface area contributed by atoms with Crippen LogP contribution in [0.5, 0.6) is 5.75 Å². The third-order valence-electron chi connectivity index (χ3n) is 7.28. The zero-order valence-electron chi connectivity index (χ0n) is 23.7. The summed E-state index contributed by atoms with van der Waals surface area (Å²) in [6.07, 6.45) is 5.30. The molecular formula is C32H39N3O5S. The molecule has 0 spiro atoms. The molecule has 9 heteroatoms. The Morgan fingerprint density at radius 2 is 1.49 bits per heavy atom. The SMILES string of the molecule is CCOc1ccccc1N(CC(=O)N(Cc1ccccc1)[C@H](Cc1ccccc1)C(=O)NC1CCCC1)S(C)(=O)=O. The zero-order chi connectivity index (χ0) is 29.2. The van der Waals surface area contributed by atoms with Gasteiger partial charge in [-0.2, -0.15) is 0 Å². The number of carbonyl (C=O) groups excluding carboxylic acids is 2. The van der Waals surface area contributed by atoms with Crippen LogP contribution in [0.2, 0.25) is 0 Å². The third-order valence-corrected chi connectivity index (χ3v) is 8.41. The quantitative estimate of drug-likeness (QED) is 0.322. The summed E-state index contributed by atoms with van der Waals surface area (Å²) < 4.78 is 32.9. The predicted octanol–water partition coefficient (Wildman–Crippen LogP) is 4.55. The van der Waals surface area contributed by atoms with Crippen molar-refractivity contribution in [2.24, 2.45) is 0 Å². The van der Waals surface area contributed by atoms with Crippen molar-refractivity contribution in [2.45, 2.75) is 57.7 Å². The lowest BCUT2D eigenvalue weighted by atomic mass is 10.0. The number of rotatable bonds is 13. The Kier molecular flexibility index (Phi) is 10.4. The smallest absolute Gasteiger partial charge is 0.244 e. The van der Waals surface area contributed by atoms with Crippen molar-refractivity contribution in [1.29, 1.82) is 0 Å². The standard InChI is InChI=1S/C32H39N3O5S/c1-3-40-30-21-13-12-20-28(30)35(41(2,38)39)24-31(36)34(23-26-16-8-5-9-17-26)29(22-25-14-6-4-7-15-25)32(37)33-27-18-10-11-19-27/h4-9,12-17,20-21,27,29H,3,10-11,18-19,22-24H2,1-2H3,(H,33,37)/t29-/m1/s1. The summed E-state index contributed by atoms with van der Waals surface area (Å²) >= 11 is 0. The van der Waals surface area contributed by atoms with Gasteiger partial charge in [-0.05, 0) is 43.0 Å². The highest BCUT2D eigenvalue weighted by Gasteiger charge is 2.34. The van der Waals surface area contributed by atoms with Crippen LogP contribution in [0.4, 0.5) is 5.69 Å². The van der Waals surface area contributed by atoms with Crippen molar-refractivity contribution in [3.05, 3.63) is 96.1 Å². The summed E-state index contributed by atoms with van der Waals surface area (Å²) in [5, 5.41) is 3.18. The highest BCUT2D eigenvalue weighted by atomic mass is 32.2. The van der Waals surface area contributed by atoms with E-state index in [9.17, 15) is 18.0 Å². The number of sulfonamides is 1. The number of carbonyl (C=O) groups is 2. The number of hydrogen-bond acceptors (Lipinski definition) is 5. The first kappa shape index (κ1) is 30.1. The highest BCUT2D eigenvalue weighted by Crippen LogP contribution is 2.30. The van der Waals surface area contributed by atoms with Gasteiger partial charge in [-0.1, -0.05) is 85.6 Å². The van der Waals surface area contributed by atoms with Gasteiger partial charge in [0.05, 0.1) is 18.6 Å². The van der Waals surface area contributed by atoms with E-state index in [2.05, 4.69) is 5.32 Å². The summed E-state index contributed by atoms with van der Waals surface area (Å²) in [6, 6.07) is 25.0. The van der Waals surface area contributed by atoms with Crippen LogP contribution in [0, 0.1) is 0 Å². The van der Waals surface area contributed by atoms with Gasteiger partial charge >= 0.3 is 0 Å². The molecule has 3 aromatic rings. The molecule has 1 aliphatic rings. The molecule has 218 valence electrons. The average Bonchev–Trinajstić information content (AvgIpc) is 3.47. The molecule has 3 aromatic carbocycles. The number of ether oxygens (including phenoxy) is 1. The van der Waals surface area contributed by atoms with E-state index in [1.807, 2.05) is 67.6 Å². The molecule has 0 unspecified atom stereocenters. The second-order valence-electron chi connectivity index (χ2n) is 10.4. The number of hydrogen-bond donors (Lipinski definition) is 1. The van der Waals surface area contributed by atoms with Crippen LogP contribution in [0.15, 0.2) is 84.9 Å². The van der Waals surface area contributed by atoms with Crippen LogP contribution in [-0.2, 0) is 32.6 Å². The summed E-state index contributed by atoms with van der Waals surface area (Å²) in [6.45, 7) is 1.83. The van der Waals surface area contributed by atoms with Crippen molar-refractivity contribution in [2.75, 3.05) is 23.7 Å². The van der Waals surface area contributed by atoms with Gasteiger partial charge in [0.15, 0.2) is 0 Å². The summed E-state index contributed by atoms with van der Waals surface area (Å²) in [5.41, 5.74) is 2.03. The van der Waals surface area contributed by atoms with Crippen molar-refractivity contribution < 1.29 is 22.7 Å². The minimum absolute atomic E-state index is 0.0695. The molecule has 1 fully saturated rings. The van der Waals surface area contributed by atoms with Crippen LogP contribution in [0.1, 0.15) is 43.7 Å². The van der Waals surface area contributed by atoms with Crippen LogP contribution >= 0.6 is 0 Å². The van der Waals surface area contributed by atoms with Gasteiger partial charge in [0, 0.05) is 19.0 Å². The second-order valence-corrected chi connectivity index (χ2v) is 12.3. The van der Waals surface area contributed by atoms with Crippen molar-refractivity contribution in [1.82, 2.24) is 10.2 Å². The van der Waals surface area contributed by atoms with Gasteiger partial charge in [0.2, 0.25) is 21.8 Å². The molecule has 4 rings (SSSR count).